The van der Waals surface area contributed by atoms with E-state index in [0.29, 0.717) is 5.69 Å². The van der Waals surface area contributed by atoms with E-state index in [-0.39, 0.29) is 24.7 Å². The SMILES string of the molecule is COC(C)COC(=O)c1cncn1C(C)c1ccccc1. The molecule has 0 saturated carbocycles. The number of carbonyl (C=O) groups excluding carboxylic acids is 1. The molecule has 112 valence electrons. The lowest BCUT2D eigenvalue weighted by molar-refractivity contribution is 0.0159. The second kappa shape index (κ2) is 7.04. The molecule has 0 N–H and O–H groups in total. The van der Waals surface area contributed by atoms with Crippen molar-refractivity contribution in [3.05, 3.63) is 54.1 Å². The maximum atomic E-state index is 12.1. The van der Waals surface area contributed by atoms with Crippen LogP contribution in [-0.4, -0.2) is 35.3 Å². The molecule has 0 aliphatic rings. The molecule has 1 aromatic heterocycles. The molecule has 21 heavy (non-hydrogen) atoms. The lowest BCUT2D eigenvalue weighted by atomic mass is 10.1. The number of aromatic nitrogens is 2. The van der Waals surface area contributed by atoms with Crippen molar-refractivity contribution in [2.45, 2.75) is 26.0 Å². The molecule has 0 aliphatic carbocycles. The predicted molar refractivity (Wildman–Crippen MR) is 79.2 cm³/mol. The summed E-state index contributed by atoms with van der Waals surface area (Å²) in [6, 6.07) is 9.96. The monoisotopic (exact) mass is 288 g/mol. The molecule has 1 heterocycles. The summed E-state index contributed by atoms with van der Waals surface area (Å²) < 4.78 is 12.1. The first kappa shape index (κ1) is 15.3. The highest BCUT2D eigenvalue weighted by Gasteiger charge is 2.18. The maximum Gasteiger partial charge on any atom is 0.356 e. The maximum absolute atomic E-state index is 12.1. The van der Waals surface area contributed by atoms with Gasteiger partial charge in [0.2, 0.25) is 0 Å². The van der Waals surface area contributed by atoms with E-state index >= 15 is 0 Å². The molecule has 0 amide bonds. The average molecular weight is 288 g/mol. The van der Waals surface area contributed by atoms with Gasteiger partial charge in [-0.05, 0) is 19.4 Å². The molecule has 0 spiro atoms. The van der Waals surface area contributed by atoms with Crippen molar-refractivity contribution < 1.29 is 14.3 Å². The third kappa shape index (κ3) is 3.70. The molecular formula is C16H20N2O3. The van der Waals surface area contributed by atoms with Crippen LogP contribution in [0.4, 0.5) is 0 Å². The minimum absolute atomic E-state index is 0.0103. The molecule has 2 rings (SSSR count). The van der Waals surface area contributed by atoms with Gasteiger partial charge in [0.1, 0.15) is 12.3 Å². The number of imidazole rings is 1. The number of esters is 1. The molecule has 2 aromatic rings. The quantitative estimate of drug-likeness (QED) is 0.767. The van der Waals surface area contributed by atoms with E-state index in [4.69, 9.17) is 9.47 Å². The highest BCUT2D eigenvalue weighted by atomic mass is 16.6. The first-order chi connectivity index (χ1) is 10.1. The number of hydrogen-bond acceptors (Lipinski definition) is 4. The van der Waals surface area contributed by atoms with Gasteiger partial charge in [0.25, 0.3) is 0 Å². The van der Waals surface area contributed by atoms with E-state index in [2.05, 4.69) is 4.98 Å². The first-order valence-electron chi connectivity index (χ1n) is 6.90. The number of hydrogen-bond donors (Lipinski definition) is 0. The van der Waals surface area contributed by atoms with Crippen LogP contribution in [-0.2, 0) is 9.47 Å². The Bertz CT molecular complexity index is 580. The fraction of sp³-hybridized carbons (Fsp3) is 0.375. The number of methoxy groups -OCH3 is 1. The van der Waals surface area contributed by atoms with Crippen molar-refractivity contribution in [2.75, 3.05) is 13.7 Å². The van der Waals surface area contributed by atoms with Gasteiger partial charge in [-0.25, -0.2) is 9.78 Å². The first-order valence-corrected chi connectivity index (χ1v) is 6.90. The molecule has 2 unspecified atom stereocenters. The zero-order valence-corrected chi connectivity index (χ0v) is 12.5. The lowest BCUT2D eigenvalue weighted by Gasteiger charge is -2.17. The Morgan fingerprint density at radius 2 is 2.00 bits per heavy atom. The Hall–Kier alpha value is -2.14. The Balaban J connectivity index is 2.13. The van der Waals surface area contributed by atoms with E-state index in [9.17, 15) is 4.79 Å². The van der Waals surface area contributed by atoms with E-state index in [1.807, 2.05) is 48.7 Å². The van der Waals surface area contributed by atoms with Gasteiger partial charge in [-0.1, -0.05) is 30.3 Å². The molecule has 0 radical (unpaired) electrons. The summed E-state index contributed by atoms with van der Waals surface area (Å²) in [6.45, 7) is 4.09. The Labute approximate surface area is 124 Å². The summed E-state index contributed by atoms with van der Waals surface area (Å²) >= 11 is 0. The third-order valence-electron chi connectivity index (χ3n) is 3.43. The smallest absolute Gasteiger partial charge is 0.356 e. The minimum Gasteiger partial charge on any atom is -0.458 e. The van der Waals surface area contributed by atoms with E-state index in [1.165, 1.54) is 6.20 Å². The van der Waals surface area contributed by atoms with Gasteiger partial charge in [-0.2, -0.15) is 0 Å². The van der Waals surface area contributed by atoms with Crippen molar-refractivity contribution in [3.63, 3.8) is 0 Å². The molecule has 0 bridgehead atoms. The summed E-state index contributed by atoms with van der Waals surface area (Å²) in [5.41, 5.74) is 1.55. The van der Waals surface area contributed by atoms with Gasteiger partial charge < -0.3 is 14.0 Å². The van der Waals surface area contributed by atoms with Gasteiger partial charge in [0.05, 0.1) is 24.7 Å². The van der Waals surface area contributed by atoms with Crippen LogP contribution in [0.2, 0.25) is 0 Å². The molecule has 5 heteroatoms. The molecule has 5 nitrogen and oxygen atoms in total. The van der Waals surface area contributed by atoms with Crippen molar-refractivity contribution in [3.8, 4) is 0 Å². The highest BCUT2D eigenvalue weighted by molar-refractivity contribution is 5.87. The van der Waals surface area contributed by atoms with Crippen molar-refractivity contribution in [2.24, 2.45) is 0 Å². The minimum atomic E-state index is -0.390. The second-order valence-corrected chi connectivity index (χ2v) is 4.92. The number of carbonyl (C=O) groups is 1. The highest BCUT2D eigenvalue weighted by Crippen LogP contribution is 2.19. The summed E-state index contributed by atoms with van der Waals surface area (Å²) in [5.74, 6) is -0.390. The van der Waals surface area contributed by atoms with Gasteiger partial charge in [-0.15, -0.1) is 0 Å². The topological polar surface area (TPSA) is 53.4 Å². The van der Waals surface area contributed by atoms with Gasteiger partial charge in [0.15, 0.2) is 0 Å². The normalized spacial score (nSPS) is 13.7. The number of nitrogens with zero attached hydrogens (tertiary/aromatic N) is 2. The van der Waals surface area contributed by atoms with Gasteiger partial charge in [-0.3, -0.25) is 0 Å². The van der Waals surface area contributed by atoms with Crippen molar-refractivity contribution in [1.29, 1.82) is 0 Å². The van der Waals surface area contributed by atoms with Crippen molar-refractivity contribution in [1.82, 2.24) is 9.55 Å². The van der Waals surface area contributed by atoms with Crippen LogP contribution in [0.15, 0.2) is 42.9 Å². The van der Waals surface area contributed by atoms with Gasteiger partial charge >= 0.3 is 5.97 Å². The number of rotatable bonds is 6. The summed E-state index contributed by atoms with van der Waals surface area (Å²) in [4.78, 5) is 16.2. The zero-order chi connectivity index (χ0) is 15.2. The van der Waals surface area contributed by atoms with E-state index < -0.39 is 0 Å². The van der Waals surface area contributed by atoms with Crippen LogP contribution in [0.25, 0.3) is 0 Å². The fourth-order valence-electron chi connectivity index (χ4n) is 2.00. The van der Waals surface area contributed by atoms with Crippen LogP contribution < -0.4 is 0 Å². The van der Waals surface area contributed by atoms with Crippen LogP contribution in [0, 0.1) is 0 Å². The number of benzene rings is 1. The Morgan fingerprint density at radius 1 is 1.29 bits per heavy atom. The number of ether oxygens (including phenoxy) is 2. The van der Waals surface area contributed by atoms with E-state index in [0.717, 1.165) is 5.56 Å². The molecule has 1 aromatic carbocycles. The summed E-state index contributed by atoms with van der Waals surface area (Å²) in [6.07, 6.45) is 3.05. The molecule has 0 aliphatic heterocycles. The van der Waals surface area contributed by atoms with Crippen LogP contribution in [0.5, 0.6) is 0 Å². The summed E-state index contributed by atoms with van der Waals surface area (Å²) in [5, 5.41) is 0. The predicted octanol–water partition coefficient (Wildman–Crippen LogP) is 2.68. The molecule has 0 fully saturated rings. The summed E-state index contributed by atoms with van der Waals surface area (Å²) in [7, 11) is 1.58. The van der Waals surface area contributed by atoms with Crippen LogP contribution in [0.1, 0.15) is 35.9 Å². The van der Waals surface area contributed by atoms with Crippen LogP contribution in [0.3, 0.4) is 0 Å². The Kier molecular flexibility index (Phi) is 5.11. The zero-order valence-electron chi connectivity index (χ0n) is 12.5. The largest absolute Gasteiger partial charge is 0.458 e. The standard InChI is InChI=1S/C16H20N2O3/c1-12(20-3)10-21-16(19)15-9-17-11-18(15)13(2)14-7-5-4-6-8-14/h4-9,11-13H,10H2,1-3H3. The molecule has 0 saturated heterocycles. The Morgan fingerprint density at radius 3 is 2.67 bits per heavy atom. The second-order valence-electron chi connectivity index (χ2n) is 4.92. The molecular weight excluding hydrogens is 268 g/mol. The third-order valence-corrected chi connectivity index (χ3v) is 3.43. The van der Waals surface area contributed by atoms with E-state index in [1.54, 1.807) is 13.4 Å². The lowest BCUT2D eigenvalue weighted by Crippen LogP contribution is -2.20. The van der Waals surface area contributed by atoms with Crippen molar-refractivity contribution >= 4 is 5.97 Å². The molecule has 2 atom stereocenters. The van der Waals surface area contributed by atoms with Crippen LogP contribution >= 0.6 is 0 Å². The average Bonchev–Trinajstić information content (AvgIpc) is 3.01. The van der Waals surface area contributed by atoms with Gasteiger partial charge in [0, 0.05) is 7.11 Å². The fourth-order valence-corrected chi connectivity index (χ4v) is 2.00.